The Kier molecular flexibility index (Phi) is 6.63. The van der Waals surface area contributed by atoms with E-state index in [0.717, 1.165) is 15.8 Å². The van der Waals surface area contributed by atoms with Crippen molar-refractivity contribution in [1.82, 2.24) is 9.99 Å². The van der Waals surface area contributed by atoms with E-state index in [4.69, 9.17) is 16.7 Å². The second kappa shape index (κ2) is 9.17. The van der Waals surface area contributed by atoms with Crippen LogP contribution in [-0.2, 0) is 6.54 Å². The van der Waals surface area contributed by atoms with Crippen molar-refractivity contribution in [3.05, 3.63) is 89.4 Å². The highest BCUT2D eigenvalue weighted by Crippen LogP contribution is 2.19. The molecule has 0 aliphatic rings. The fourth-order valence-corrected chi connectivity index (χ4v) is 3.79. The molecule has 0 spiro atoms. The van der Waals surface area contributed by atoms with Crippen LogP contribution in [0.1, 0.15) is 31.2 Å². The Morgan fingerprint density at radius 3 is 2.62 bits per heavy atom. The number of halogens is 2. The number of hydrogen-bond acceptors (Lipinski definition) is 5. The molecule has 1 heterocycles. The molecule has 1 amide bonds. The van der Waals surface area contributed by atoms with Gasteiger partial charge in [-0.15, -0.1) is 0 Å². The van der Waals surface area contributed by atoms with Crippen LogP contribution in [0.4, 0.5) is 0 Å². The van der Waals surface area contributed by atoms with E-state index in [9.17, 15) is 14.4 Å². The van der Waals surface area contributed by atoms with Gasteiger partial charge in [-0.05, 0) is 42.0 Å². The van der Waals surface area contributed by atoms with Crippen molar-refractivity contribution in [1.29, 1.82) is 0 Å². The van der Waals surface area contributed by atoms with Crippen LogP contribution < -0.4 is 10.3 Å². The van der Waals surface area contributed by atoms with Crippen molar-refractivity contribution in [2.45, 2.75) is 6.54 Å². The van der Waals surface area contributed by atoms with Crippen molar-refractivity contribution in [3.8, 4) is 0 Å². The molecule has 7 nitrogen and oxygen atoms in total. The smallest absolute Gasteiger partial charge is 0.335 e. The molecule has 0 atom stereocenters. The first-order valence-corrected chi connectivity index (χ1v) is 10.1. The van der Waals surface area contributed by atoms with Crippen molar-refractivity contribution < 1.29 is 14.7 Å². The fourth-order valence-electron chi connectivity index (χ4n) is 2.42. The van der Waals surface area contributed by atoms with Crippen molar-refractivity contribution in [3.63, 3.8) is 0 Å². The number of carbonyl (C=O) groups excluding carboxylic acids is 1. The molecule has 29 heavy (non-hydrogen) atoms. The molecule has 3 aromatic rings. The van der Waals surface area contributed by atoms with Crippen molar-refractivity contribution in [2.75, 3.05) is 0 Å². The Bertz CT molecular complexity index is 1160. The predicted molar refractivity (Wildman–Crippen MR) is 115 cm³/mol. The van der Waals surface area contributed by atoms with E-state index < -0.39 is 11.9 Å². The number of nitrogens with one attached hydrogen (secondary N) is 1. The van der Waals surface area contributed by atoms with E-state index in [1.807, 2.05) is 0 Å². The lowest BCUT2D eigenvalue weighted by molar-refractivity contribution is 0.0696. The number of hydrogen-bond donors (Lipinski definition) is 2. The van der Waals surface area contributed by atoms with Crippen LogP contribution >= 0.6 is 38.9 Å². The number of aromatic carboxylic acids is 1. The zero-order chi connectivity index (χ0) is 21.0. The third-order valence-corrected chi connectivity index (χ3v) is 5.79. The van der Waals surface area contributed by atoms with Crippen LogP contribution in [0.15, 0.2) is 62.9 Å². The summed E-state index contributed by atoms with van der Waals surface area (Å²) in [7, 11) is 0. The summed E-state index contributed by atoms with van der Waals surface area (Å²) in [5.74, 6) is -1.45. The standard InChI is InChI=1S/C19H13BrClN3O4S/c20-14-6-4-12(5-7-14)17(25)23-22-9-15-16(21)24(19(28)29-15)10-11-2-1-3-13(8-11)18(26)27/h1-9H,10H2,(H,23,25)(H,26,27). The third-order valence-electron chi connectivity index (χ3n) is 3.83. The molecular formula is C19H13BrClN3O4S. The molecule has 148 valence electrons. The number of carboxylic acids is 1. The number of thiazole rings is 1. The van der Waals surface area contributed by atoms with Gasteiger partial charge in [0, 0.05) is 10.0 Å². The van der Waals surface area contributed by atoms with E-state index in [2.05, 4.69) is 26.5 Å². The molecule has 0 unspecified atom stereocenters. The second-order valence-electron chi connectivity index (χ2n) is 5.82. The topological polar surface area (TPSA) is 101 Å². The van der Waals surface area contributed by atoms with Crippen molar-refractivity contribution >= 4 is 57.0 Å². The van der Waals surface area contributed by atoms with Gasteiger partial charge in [0.15, 0.2) is 0 Å². The van der Waals surface area contributed by atoms with E-state index in [1.54, 1.807) is 36.4 Å². The molecule has 0 aliphatic carbocycles. The van der Waals surface area contributed by atoms with E-state index >= 15 is 0 Å². The molecule has 0 saturated carbocycles. The molecule has 0 fully saturated rings. The first-order valence-electron chi connectivity index (χ1n) is 8.15. The first-order chi connectivity index (χ1) is 13.8. The number of carbonyl (C=O) groups is 2. The molecule has 0 bridgehead atoms. The average Bonchev–Trinajstić information content (AvgIpc) is 2.96. The van der Waals surface area contributed by atoms with Crippen molar-refractivity contribution in [2.24, 2.45) is 5.10 Å². The minimum Gasteiger partial charge on any atom is -0.478 e. The first kappa shape index (κ1) is 21.0. The molecule has 0 saturated heterocycles. The number of hydrazone groups is 1. The normalized spacial score (nSPS) is 11.0. The van der Waals surface area contributed by atoms with Crippen LogP contribution in [0.25, 0.3) is 0 Å². The van der Waals surface area contributed by atoms with Crippen LogP contribution in [0, 0.1) is 0 Å². The van der Waals surface area contributed by atoms with Crippen LogP contribution in [0.2, 0.25) is 5.15 Å². The predicted octanol–water partition coefficient (Wildman–Crippen LogP) is 3.84. The molecule has 2 N–H and O–H groups in total. The van der Waals surface area contributed by atoms with Gasteiger partial charge >= 0.3 is 10.8 Å². The maximum atomic E-state index is 12.3. The summed E-state index contributed by atoms with van der Waals surface area (Å²) in [5.41, 5.74) is 3.56. The summed E-state index contributed by atoms with van der Waals surface area (Å²) in [5, 5.41) is 13.1. The molecule has 1 aromatic heterocycles. The zero-order valence-corrected chi connectivity index (χ0v) is 17.8. The largest absolute Gasteiger partial charge is 0.478 e. The zero-order valence-electron chi connectivity index (χ0n) is 14.6. The second-order valence-corrected chi connectivity index (χ2v) is 8.09. The van der Waals surface area contributed by atoms with Gasteiger partial charge in [-0.1, -0.05) is 51.0 Å². The summed E-state index contributed by atoms with van der Waals surface area (Å²) in [4.78, 5) is 35.5. The summed E-state index contributed by atoms with van der Waals surface area (Å²) >= 11 is 10.4. The number of benzene rings is 2. The SMILES string of the molecule is O=C(O)c1cccc(Cn2c(Cl)c(C=NNC(=O)c3ccc(Br)cc3)sc2=O)c1. The van der Waals surface area contributed by atoms with Gasteiger partial charge in [0.25, 0.3) is 5.91 Å². The van der Waals surface area contributed by atoms with Gasteiger partial charge < -0.3 is 5.11 Å². The van der Waals surface area contributed by atoms with Gasteiger partial charge in [-0.2, -0.15) is 5.10 Å². The highest BCUT2D eigenvalue weighted by Gasteiger charge is 2.13. The summed E-state index contributed by atoms with van der Waals surface area (Å²) in [6.45, 7) is 0.119. The van der Waals surface area contributed by atoms with Gasteiger partial charge in [-0.3, -0.25) is 14.2 Å². The number of carboxylic acid groups (broad SMARTS) is 1. The van der Waals surface area contributed by atoms with E-state index in [-0.39, 0.29) is 22.1 Å². The summed E-state index contributed by atoms with van der Waals surface area (Å²) in [6.07, 6.45) is 1.30. The van der Waals surface area contributed by atoms with Gasteiger partial charge in [-0.25, -0.2) is 10.2 Å². The Balaban J connectivity index is 1.73. The number of amides is 1. The molecule has 0 radical (unpaired) electrons. The number of aromatic nitrogens is 1. The molecule has 3 rings (SSSR count). The number of nitrogens with zero attached hydrogens (tertiary/aromatic N) is 2. The lowest BCUT2D eigenvalue weighted by atomic mass is 10.1. The Morgan fingerprint density at radius 1 is 1.21 bits per heavy atom. The maximum Gasteiger partial charge on any atom is 0.335 e. The number of rotatable bonds is 6. The monoisotopic (exact) mass is 493 g/mol. The lowest BCUT2D eigenvalue weighted by Crippen LogP contribution is -2.17. The van der Waals surface area contributed by atoms with Crippen LogP contribution in [0.3, 0.4) is 0 Å². The molecular weight excluding hydrogens is 482 g/mol. The van der Waals surface area contributed by atoms with Gasteiger partial charge in [0.2, 0.25) is 0 Å². The summed E-state index contributed by atoms with van der Waals surface area (Å²) in [6, 6.07) is 13.0. The Labute approximate surface area is 182 Å². The van der Waals surface area contributed by atoms with Crippen LogP contribution in [0.5, 0.6) is 0 Å². The highest BCUT2D eigenvalue weighted by atomic mass is 79.9. The third kappa shape index (κ3) is 5.20. The van der Waals surface area contributed by atoms with Gasteiger partial charge in [0.05, 0.1) is 23.2 Å². The average molecular weight is 495 g/mol. The molecule has 0 aliphatic heterocycles. The Hall–Kier alpha value is -2.75. The summed E-state index contributed by atoms with van der Waals surface area (Å²) < 4.78 is 2.16. The van der Waals surface area contributed by atoms with Crippen LogP contribution in [-0.4, -0.2) is 27.8 Å². The minimum atomic E-state index is -1.05. The maximum absolute atomic E-state index is 12.3. The quantitative estimate of drug-likeness (QED) is 0.402. The van der Waals surface area contributed by atoms with Gasteiger partial charge in [0.1, 0.15) is 5.15 Å². The molecule has 10 heteroatoms. The highest BCUT2D eigenvalue weighted by molar-refractivity contribution is 9.10. The Morgan fingerprint density at radius 2 is 1.93 bits per heavy atom. The van der Waals surface area contributed by atoms with E-state index in [1.165, 1.54) is 22.9 Å². The minimum absolute atomic E-state index is 0.119. The fraction of sp³-hybridized carbons (Fsp3) is 0.0526. The van der Waals surface area contributed by atoms with E-state index in [0.29, 0.717) is 16.0 Å². The molecule has 2 aromatic carbocycles. The lowest BCUT2D eigenvalue weighted by Gasteiger charge is -2.05.